The van der Waals surface area contributed by atoms with E-state index in [1.165, 1.54) is 19.2 Å². The molecule has 1 atom stereocenters. The van der Waals surface area contributed by atoms with Gasteiger partial charge in [0.2, 0.25) is 0 Å². The molecule has 8 heteroatoms. The molecule has 0 fully saturated rings. The number of carboxylic acids is 1. The Kier molecular flexibility index (Phi) is 4.60. The van der Waals surface area contributed by atoms with E-state index in [0.717, 1.165) is 0 Å². The SMILES string of the molecule is CC(C)(Cl)CC(NC(=O)C(F)(F)F)C(=O)O. The standard InChI is InChI=1S/C8H11ClF3NO3/c1-7(2,9)3-4(5(14)15)13-6(16)8(10,11)12/h4H,3H2,1-2H3,(H,13,16)(H,14,15). The largest absolute Gasteiger partial charge is 0.480 e. The number of nitrogens with one attached hydrogen (secondary N) is 1. The molecule has 0 rings (SSSR count). The summed E-state index contributed by atoms with van der Waals surface area (Å²) in [6.07, 6.45) is -5.42. The molecule has 0 aliphatic heterocycles. The summed E-state index contributed by atoms with van der Waals surface area (Å²) in [5, 5.41) is 9.98. The van der Waals surface area contributed by atoms with Crippen LogP contribution in [0.5, 0.6) is 0 Å². The van der Waals surface area contributed by atoms with E-state index in [-0.39, 0.29) is 6.42 Å². The van der Waals surface area contributed by atoms with Gasteiger partial charge in [-0.2, -0.15) is 13.2 Å². The number of carboxylic acid groups (broad SMARTS) is 1. The van der Waals surface area contributed by atoms with Crippen LogP contribution >= 0.6 is 11.6 Å². The topological polar surface area (TPSA) is 66.4 Å². The Morgan fingerprint density at radius 3 is 2.06 bits per heavy atom. The fourth-order valence-corrected chi connectivity index (χ4v) is 1.08. The van der Waals surface area contributed by atoms with Gasteiger partial charge in [0.15, 0.2) is 0 Å². The molecule has 0 aliphatic rings. The molecule has 0 saturated carbocycles. The maximum absolute atomic E-state index is 11.9. The van der Waals surface area contributed by atoms with Gasteiger partial charge in [0.1, 0.15) is 6.04 Å². The summed E-state index contributed by atoms with van der Waals surface area (Å²) in [5.41, 5.74) is 0. The molecule has 0 bridgehead atoms. The lowest BCUT2D eigenvalue weighted by Gasteiger charge is -2.22. The third kappa shape index (κ3) is 5.79. The van der Waals surface area contributed by atoms with Crippen molar-refractivity contribution in [3.8, 4) is 0 Å². The molecule has 94 valence electrons. The number of hydrogen-bond acceptors (Lipinski definition) is 2. The van der Waals surface area contributed by atoms with Crippen molar-refractivity contribution in [2.24, 2.45) is 0 Å². The molecule has 1 unspecified atom stereocenters. The second-order valence-electron chi connectivity index (χ2n) is 3.78. The highest BCUT2D eigenvalue weighted by atomic mass is 35.5. The number of alkyl halides is 4. The van der Waals surface area contributed by atoms with Gasteiger partial charge >= 0.3 is 18.1 Å². The van der Waals surface area contributed by atoms with E-state index < -0.39 is 29.0 Å². The molecule has 0 aromatic carbocycles. The Hall–Kier alpha value is -0.980. The van der Waals surface area contributed by atoms with Crippen molar-refractivity contribution in [3.05, 3.63) is 0 Å². The Balaban J connectivity index is 4.60. The van der Waals surface area contributed by atoms with Crippen LogP contribution < -0.4 is 5.32 Å². The summed E-state index contributed by atoms with van der Waals surface area (Å²) in [6.45, 7) is 2.87. The number of hydrogen-bond donors (Lipinski definition) is 2. The van der Waals surface area contributed by atoms with Crippen molar-refractivity contribution in [2.45, 2.75) is 37.4 Å². The van der Waals surface area contributed by atoms with Crippen LogP contribution in [0.2, 0.25) is 0 Å². The van der Waals surface area contributed by atoms with Gasteiger partial charge in [-0.25, -0.2) is 4.79 Å². The maximum Gasteiger partial charge on any atom is 0.471 e. The van der Waals surface area contributed by atoms with Gasteiger partial charge in [0.05, 0.1) is 0 Å². The first kappa shape index (κ1) is 15.0. The predicted molar refractivity (Wildman–Crippen MR) is 50.2 cm³/mol. The lowest BCUT2D eigenvalue weighted by molar-refractivity contribution is -0.175. The highest BCUT2D eigenvalue weighted by molar-refractivity contribution is 6.23. The minimum atomic E-state index is -5.11. The lowest BCUT2D eigenvalue weighted by Crippen LogP contribution is -2.48. The van der Waals surface area contributed by atoms with Crippen LogP contribution in [-0.2, 0) is 9.59 Å². The first-order valence-corrected chi connectivity index (χ1v) is 4.60. The number of carbonyl (C=O) groups is 2. The number of halogens is 4. The molecule has 0 spiro atoms. The molecule has 2 N–H and O–H groups in total. The number of carbonyl (C=O) groups excluding carboxylic acids is 1. The minimum Gasteiger partial charge on any atom is -0.480 e. The van der Waals surface area contributed by atoms with Gasteiger partial charge in [-0.05, 0) is 20.3 Å². The van der Waals surface area contributed by atoms with Crippen molar-refractivity contribution < 1.29 is 27.9 Å². The quantitative estimate of drug-likeness (QED) is 0.754. The van der Waals surface area contributed by atoms with Crippen LogP contribution in [0.15, 0.2) is 0 Å². The Morgan fingerprint density at radius 1 is 1.38 bits per heavy atom. The molecule has 0 saturated heterocycles. The highest BCUT2D eigenvalue weighted by Crippen LogP contribution is 2.21. The molecular formula is C8H11ClF3NO3. The van der Waals surface area contributed by atoms with Gasteiger partial charge in [-0.3, -0.25) is 4.79 Å². The van der Waals surface area contributed by atoms with Crippen LogP contribution in [0.4, 0.5) is 13.2 Å². The zero-order chi connectivity index (χ0) is 13.1. The van der Waals surface area contributed by atoms with Crippen molar-refractivity contribution >= 4 is 23.5 Å². The average Bonchev–Trinajstić information content (AvgIpc) is 1.98. The second kappa shape index (κ2) is 4.90. The molecule has 0 aliphatic carbocycles. The minimum absolute atomic E-state index is 0.314. The van der Waals surface area contributed by atoms with Crippen LogP contribution in [0.1, 0.15) is 20.3 Å². The molecule has 1 amide bonds. The first-order valence-electron chi connectivity index (χ1n) is 4.23. The summed E-state index contributed by atoms with van der Waals surface area (Å²) >= 11 is 5.67. The zero-order valence-corrected chi connectivity index (χ0v) is 9.32. The highest BCUT2D eigenvalue weighted by Gasteiger charge is 2.41. The molecule has 0 aromatic rings. The zero-order valence-electron chi connectivity index (χ0n) is 8.56. The Morgan fingerprint density at radius 2 is 1.81 bits per heavy atom. The van der Waals surface area contributed by atoms with Gasteiger partial charge in [0.25, 0.3) is 0 Å². The first-order chi connectivity index (χ1) is 6.93. The van der Waals surface area contributed by atoms with E-state index in [1.807, 2.05) is 0 Å². The normalized spacial score (nSPS) is 14.4. The van der Waals surface area contributed by atoms with E-state index in [9.17, 15) is 22.8 Å². The van der Waals surface area contributed by atoms with Crippen LogP contribution in [0.25, 0.3) is 0 Å². The molecular weight excluding hydrogens is 251 g/mol. The van der Waals surface area contributed by atoms with E-state index in [1.54, 1.807) is 0 Å². The third-order valence-electron chi connectivity index (χ3n) is 1.55. The van der Waals surface area contributed by atoms with E-state index in [2.05, 4.69) is 0 Å². The maximum atomic E-state index is 11.9. The lowest BCUT2D eigenvalue weighted by atomic mass is 10.0. The van der Waals surface area contributed by atoms with Crippen molar-refractivity contribution in [1.29, 1.82) is 0 Å². The second-order valence-corrected chi connectivity index (χ2v) is 4.81. The molecule has 4 nitrogen and oxygen atoms in total. The van der Waals surface area contributed by atoms with Gasteiger partial charge < -0.3 is 10.4 Å². The van der Waals surface area contributed by atoms with Gasteiger partial charge in [-0.1, -0.05) is 0 Å². The van der Waals surface area contributed by atoms with Gasteiger partial charge in [-0.15, -0.1) is 11.6 Å². The molecule has 16 heavy (non-hydrogen) atoms. The predicted octanol–water partition coefficient (Wildman–Crippen LogP) is 1.53. The van der Waals surface area contributed by atoms with Crippen molar-refractivity contribution in [1.82, 2.24) is 5.32 Å². The van der Waals surface area contributed by atoms with Gasteiger partial charge in [0, 0.05) is 4.87 Å². The Bertz CT molecular complexity index is 285. The third-order valence-corrected chi connectivity index (χ3v) is 1.70. The van der Waals surface area contributed by atoms with Crippen molar-refractivity contribution in [2.75, 3.05) is 0 Å². The van der Waals surface area contributed by atoms with E-state index >= 15 is 0 Å². The fraction of sp³-hybridized carbons (Fsp3) is 0.750. The van der Waals surface area contributed by atoms with Crippen LogP contribution in [-0.4, -0.2) is 34.1 Å². The van der Waals surface area contributed by atoms with Crippen molar-refractivity contribution in [3.63, 3.8) is 0 Å². The summed E-state index contributed by atoms with van der Waals surface area (Å²) in [5.74, 6) is -3.85. The monoisotopic (exact) mass is 261 g/mol. The fourth-order valence-electron chi connectivity index (χ4n) is 0.926. The van der Waals surface area contributed by atoms with Crippen LogP contribution in [0.3, 0.4) is 0 Å². The Labute approximate surface area is 94.8 Å². The number of aliphatic carboxylic acids is 1. The summed E-state index contributed by atoms with van der Waals surface area (Å²) < 4.78 is 35.6. The summed E-state index contributed by atoms with van der Waals surface area (Å²) in [6, 6.07) is -1.67. The summed E-state index contributed by atoms with van der Waals surface area (Å²) in [7, 11) is 0. The smallest absolute Gasteiger partial charge is 0.471 e. The molecule has 0 radical (unpaired) electrons. The molecule has 0 heterocycles. The van der Waals surface area contributed by atoms with Crippen LogP contribution in [0, 0.1) is 0 Å². The van der Waals surface area contributed by atoms with E-state index in [4.69, 9.17) is 16.7 Å². The average molecular weight is 262 g/mol. The number of amides is 1. The summed E-state index contributed by atoms with van der Waals surface area (Å²) in [4.78, 5) is 20.1. The number of rotatable bonds is 4. The van der Waals surface area contributed by atoms with E-state index in [0.29, 0.717) is 0 Å². The molecule has 0 aromatic heterocycles.